The lowest BCUT2D eigenvalue weighted by atomic mass is 9.82. The monoisotopic (exact) mass is 462 g/mol. The highest BCUT2D eigenvalue weighted by molar-refractivity contribution is 6.47. The maximum Gasteiger partial charge on any atom is 0.275 e. The number of benzene rings is 2. The fraction of sp³-hybridized carbons (Fsp3) is 0.444. The first kappa shape index (κ1) is 22.6. The number of piperazine rings is 1. The number of nitrogens with zero attached hydrogens (tertiary/aromatic N) is 4. The molecule has 0 bridgehead atoms. The van der Waals surface area contributed by atoms with Crippen molar-refractivity contribution in [3.05, 3.63) is 66.0 Å². The Morgan fingerprint density at radius 1 is 1.00 bits per heavy atom. The van der Waals surface area contributed by atoms with Gasteiger partial charge in [0.1, 0.15) is 23.7 Å². The predicted octanol–water partition coefficient (Wildman–Crippen LogP) is 3.71. The van der Waals surface area contributed by atoms with Crippen LogP contribution in [0.3, 0.4) is 0 Å². The first-order valence-corrected chi connectivity index (χ1v) is 12.2. The van der Waals surface area contributed by atoms with Crippen LogP contribution < -0.4 is 4.90 Å². The summed E-state index contributed by atoms with van der Waals surface area (Å²) in [6, 6.07) is 16.0. The van der Waals surface area contributed by atoms with Crippen molar-refractivity contribution < 1.29 is 14.0 Å². The third kappa shape index (κ3) is 4.31. The third-order valence-electron chi connectivity index (χ3n) is 7.51. The van der Waals surface area contributed by atoms with E-state index in [4.69, 9.17) is 4.99 Å². The van der Waals surface area contributed by atoms with Crippen LogP contribution in [0.1, 0.15) is 38.2 Å². The van der Waals surface area contributed by atoms with E-state index in [0.29, 0.717) is 37.8 Å². The summed E-state index contributed by atoms with van der Waals surface area (Å²) in [5.41, 5.74) is 1.64. The SMILES string of the molecule is CC1CCC2(CC1)N=C(c1ccccc1)C(=O)N2CC(=O)N1CCN(c2ccc(F)cc2)CC1. The van der Waals surface area contributed by atoms with E-state index in [-0.39, 0.29) is 24.2 Å². The normalized spacial score (nSPS) is 25.1. The zero-order valence-corrected chi connectivity index (χ0v) is 19.6. The zero-order chi connectivity index (χ0) is 23.7. The Bertz CT molecular complexity index is 1070. The zero-order valence-electron chi connectivity index (χ0n) is 19.6. The van der Waals surface area contributed by atoms with Crippen molar-refractivity contribution in [1.82, 2.24) is 9.80 Å². The fourth-order valence-electron chi connectivity index (χ4n) is 5.34. The van der Waals surface area contributed by atoms with Gasteiger partial charge in [-0.1, -0.05) is 37.3 Å². The second-order valence-corrected chi connectivity index (χ2v) is 9.73. The van der Waals surface area contributed by atoms with Crippen LogP contribution in [0.15, 0.2) is 59.6 Å². The highest BCUT2D eigenvalue weighted by atomic mass is 19.1. The summed E-state index contributed by atoms with van der Waals surface area (Å²) in [5, 5.41) is 0. The van der Waals surface area contributed by atoms with E-state index in [0.717, 1.165) is 36.9 Å². The fourth-order valence-corrected chi connectivity index (χ4v) is 5.34. The minimum atomic E-state index is -0.611. The molecule has 5 rings (SSSR count). The molecule has 6 nitrogen and oxygen atoms in total. The smallest absolute Gasteiger partial charge is 0.275 e. The number of amides is 2. The lowest BCUT2D eigenvalue weighted by Gasteiger charge is -2.42. The van der Waals surface area contributed by atoms with E-state index >= 15 is 0 Å². The largest absolute Gasteiger partial charge is 0.368 e. The number of carbonyl (C=O) groups is 2. The van der Waals surface area contributed by atoms with Gasteiger partial charge in [-0.2, -0.15) is 0 Å². The van der Waals surface area contributed by atoms with Crippen molar-refractivity contribution in [2.24, 2.45) is 10.9 Å². The van der Waals surface area contributed by atoms with E-state index in [1.54, 1.807) is 17.0 Å². The number of hydrogen-bond donors (Lipinski definition) is 0. The Morgan fingerprint density at radius 2 is 1.65 bits per heavy atom. The quantitative estimate of drug-likeness (QED) is 0.696. The molecule has 2 fully saturated rings. The van der Waals surface area contributed by atoms with Gasteiger partial charge in [0.05, 0.1) is 0 Å². The minimum absolute atomic E-state index is 0.0328. The van der Waals surface area contributed by atoms with E-state index in [1.807, 2.05) is 35.2 Å². The molecule has 0 radical (unpaired) electrons. The Balaban J connectivity index is 1.29. The number of aliphatic imine (C=N–C) groups is 1. The molecule has 34 heavy (non-hydrogen) atoms. The maximum absolute atomic E-state index is 13.5. The van der Waals surface area contributed by atoms with E-state index < -0.39 is 5.66 Å². The summed E-state index contributed by atoms with van der Waals surface area (Å²) in [6.45, 7) is 4.81. The van der Waals surface area contributed by atoms with Crippen LogP contribution in [0.5, 0.6) is 0 Å². The topological polar surface area (TPSA) is 56.2 Å². The highest BCUT2D eigenvalue weighted by Gasteiger charge is 2.49. The van der Waals surface area contributed by atoms with Crippen molar-refractivity contribution in [3.63, 3.8) is 0 Å². The lowest BCUT2D eigenvalue weighted by molar-refractivity contribution is -0.141. The number of halogens is 1. The van der Waals surface area contributed by atoms with Crippen LogP contribution in [0.4, 0.5) is 10.1 Å². The molecule has 178 valence electrons. The van der Waals surface area contributed by atoms with Crippen molar-refractivity contribution in [3.8, 4) is 0 Å². The molecule has 2 amide bonds. The Morgan fingerprint density at radius 3 is 2.29 bits per heavy atom. The summed E-state index contributed by atoms with van der Waals surface area (Å²) < 4.78 is 13.2. The van der Waals surface area contributed by atoms with Gasteiger partial charge in [0.15, 0.2) is 0 Å². The molecule has 3 aliphatic rings. The molecule has 2 aliphatic heterocycles. The summed E-state index contributed by atoms with van der Waals surface area (Å²) in [6.07, 6.45) is 3.59. The second kappa shape index (κ2) is 9.20. The number of rotatable bonds is 4. The summed E-state index contributed by atoms with van der Waals surface area (Å²) in [5.74, 6) is 0.179. The third-order valence-corrected chi connectivity index (χ3v) is 7.51. The van der Waals surface area contributed by atoms with Crippen molar-refractivity contribution in [2.75, 3.05) is 37.6 Å². The first-order chi connectivity index (χ1) is 16.4. The molecule has 1 spiro atoms. The lowest BCUT2D eigenvalue weighted by Crippen LogP contribution is -2.56. The Hall–Kier alpha value is -3.22. The van der Waals surface area contributed by atoms with Crippen molar-refractivity contribution >= 4 is 23.2 Å². The first-order valence-electron chi connectivity index (χ1n) is 12.2. The molecule has 1 saturated heterocycles. The molecular formula is C27H31FN4O2. The van der Waals surface area contributed by atoms with Gasteiger partial charge in [0, 0.05) is 37.4 Å². The van der Waals surface area contributed by atoms with Gasteiger partial charge in [0.2, 0.25) is 5.91 Å². The van der Waals surface area contributed by atoms with Gasteiger partial charge in [-0.05, 0) is 55.9 Å². The summed E-state index contributed by atoms with van der Waals surface area (Å²) in [4.78, 5) is 37.6. The van der Waals surface area contributed by atoms with Crippen LogP contribution in [0, 0.1) is 11.7 Å². The van der Waals surface area contributed by atoms with Crippen molar-refractivity contribution in [2.45, 2.75) is 38.3 Å². The van der Waals surface area contributed by atoms with Crippen LogP contribution in [0.2, 0.25) is 0 Å². The Kier molecular flexibility index (Phi) is 6.11. The molecule has 1 aliphatic carbocycles. The van der Waals surface area contributed by atoms with Crippen LogP contribution in [-0.2, 0) is 9.59 Å². The molecule has 7 heteroatoms. The molecule has 2 aromatic carbocycles. The number of carbonyl (C=O) groups excluding carboxylic acids is 2. The molecular weight excluding hydrogens is 431 g/mol. The predicted molar refractivity (Wildman–Crippen MR) is 130 cm³/mol. The average molecular weight is 463 g/mol. The highest BCUT2D eigenvalue weighted by Crippen LogP contribution is 2.41. The van der Waals surface area contributed by atoms with Gasteiger partial charge >= 0.3 is 0 Å². The van der Waals surface area contributed by atoms with Gasteiger partial charge in [0.25, 0.3) is 5.91 Å². The number of hydrogen-bond acceptors (Lipinski definition) is 4. The molecule has 1 saturated carbocycles. The molecule has 0 atom stereocenters. The van der Waals surface area contributed by atoms with E-state index in [9.17, 15) is 14.0 Å². The molecule has 2 aromatic rings. The summed E-state index contributed by atoms with van der Waals surface area (Å²) in [7, 11) is 0. The summed E-state index contributed by atoms with van der Waals surface area (Å²) >= 11 is 0. The van der Waals surface area contributed by atoms with Crippen LogP contribution in [0.25, 0.3) is 0 Å². The molecule has 2 heterocycles. The van der Waals surface area contributed by atoms with Crippen LogP contribution >= 0.6 is 0 Å². The van der Waals surface area contributed by atoms with Gasteiger partial charge in [-0.15, -0.1) is 0 Å². The maximum atomic E-state index is 13.5. The molecule has 0 aromatic heterocycles. The van der Waals surface area contributed by atoms with Crippen LogP contribution in [-0.4, -0.2) is 65.7 Å². The molecule has 0 N–H and O–H groups in total. The van der Waals surface area contributed by atoms with E-state index in [2.05, 4.69) is 11.8 Å². The average Bonchev–Trinajstić information content (AvgIpc) is 3.13. The van der Waals surface area contributed by atoms with Crippen molar-refractivity contribution in [1.29, 1.82) is 0 Å². The Labute approximate surface area is 200 Å². The molecule has 0 unspecified atom stereocenters. The standard InChI is InChI=1S/C27H31FN4O2/c1-20-11-13-27(14-12-20)29-25(21-5-3-2-4-6-21)26(34)32(27)19-24(33)31-17-15-30(16-18-31)23-9-7-22(28)8-10-23/h2-10,20H,11-19H2,1H3. The second-order valence-electron chi connectivity index (χ2n) is 9.73. The minimum Gasteiger partial charge on any atom is -0.368 e. The van der Waals surface area contributed by atoms with Gasteiger partial charge in [-0.3, -0.25) is 14.6 Å². The van der Waals surface area contributed by atoms with Gasteiger partial charge in [-0.25, -0.2) is 4.39 Å². The van der Waals surface area contributed by atoms with Gasteiger partial charge < -0.3 is 14.7 Å². The number of anilines is 1. The van der Waals surface area contributed by atoms with E-state index in [1.165, 1.54) is 12.1 Å².